The summed E-state index contributed by atoms with van der Waals surface area (Å²) in [5.74, 6) is -0.574. The van der Waals surface area contributed by atoms with E-state index in [1.165, 1.54) is 25.1 Å². The van der Waals surface area contributed by atoms with Gasteiger partial charge in [0.2, 0.25) is 0 Å². The summed E-state index contributed by atoms with van der Waals surface area (Å²) in [5.41, 5.74) is 0.244. The van der Waals surface area contributed by atoms with Gasteiger partial charge in [0.1, 0.15) is 0 Å². The van der Waals surface area contributed by atoms with Crippen LogP contribution in [-0.2, 0) is 0 Å². The van der Waals surface area contributed by atoms with E-state index in [0.29, 0.717) is 9.50 Å². The molecule has 7 heteroatoms. The number of nitrogens with one attached hydrogen (secondary N) is 1. The minimum atomic E-state index is -4.30. The first kappa shape index (κ1) is 15.3. The molecule has 0 saturated carbocycles. The van der Waals surface area contributed by atoms with E-state index in [1.54, 1.807) is 0 Å². The SMILES string of the molecule is CC(CC(F)(F)F)NC(=O)c1ccc(Cl)cc1Br. The molecule has 1 amide bonds. The van der Waals surface area contributed by atoms with E-state index in [0.717, 1.165) is 0 Å². The van der Waals surface area contributed by atoms with Crippen molar-refractivity contribution in [3.8, 4) is 0 Å². The highest BCUT2D eigenvalue weighted by atomic mass is 79.9. The highest BCUT2D eigenvalue weighted by molar-refractivity contribution is 9.10. The largest absolute Gasteiger partial charge is 0.391 e. The lowest BCUT2D eigenvalue weighted by molar-refractivity contribution is -0.138. The summed E-state index contributed by atoms with van der Waals surface area (Å²) >= 11 is 8.84. The van der Waals surface area contributed by atoms with Crippen molar-refractivity contribution in [2.45, 2.75) is 25.6 Å². The molecule has 0 aromatic heterocycles. The summed E-state index contributed by atoms with van der Waals surface area (Å²) in [4.78, 5) is 11.7. The van der Waals surface area contributed by atoms with Gasteiger partial charge in [-0.1, -0.05) is 11.6 Å². The van der Waals surface area contributed by atoms with Crippen LogP contribution in [0.25, 0.3) is 0 Å². The maximum Gasteiger partial charge on any atom is 0.391 e. The van der Waals surface area contributed by atoms with Crippen molar-refractivity contribution in [2.24, 2.45) is 0 Å². The standard InChI is InChI=1S/C11H10BrClF3NO/c1-6(5-11(14,15)16)17-10(18)8-3-2-7(13)4-9(8)12/h2-4,6H,5H2,1H3,(H,17,18). The zero-order valence-corrected chi connectivity index (χ0v) is 11.7. The zero-order chi connectivity index (χ0) is 13.9. The fraction of sp³-hybridized carbons (Fsp3) is 0.364. The number of benzene rings is 1. The number of rotatable bonds is 3. The van der Waals surface area contributed by atoms with Crippen LogP contribution in [0.1, 0.15) is 23.7 Å². The molecule has 1 rings (SSSR count). The van der Waals surface area contributed by atoms with Crippen molar-refractivity contribution in [2.75, 3.05) is 0 Å². The minimum absolute atomic E-state index is 0.244. The minimum Gasteiger partial charge on any atom is -0.349 e. The molecule has 18 heavy (non-hydrogen) atoms. The molecule has 1 aromatic carbocycles. The Labute approximate surface area is 116 Å². The van der Waals surface area contributed by atoms with Gasteiger partial charge in [0, 0.05) is 15.5 Å². The lowest BCUT2D eigenvalue weighted by Crippen LogP contribution is -2.36. The molecular weight excluding hydrogens is 334 g/mol. The molecule has 0 aliphatic rings. The Hall–Kier alpha value is -0.750. The lowest BCUT2D eigenvalue weighted by Gasteiger charge is -2.16. The van der Waals surface area contributed by atoms with Crippen molar-refractivity contribution < 1.29 is 18.0 Å². The highest BCUT2D eigenvalue weighted by Crippen LogP contribution is 2.23. The molecule has 1 unspecified atom stereocenters. The van der Waals surface area contributed by atoms with E-state index >= 15 is 0 Å². The van der Waals surface area contributed by atoms with Crippen molar-refractivity contribution in [1.29, 1.82) is 0 Å². The number of carbonyl (C=O) groups excluding carboxylic acids is 1. The fourth-order valence-electron chi connectivity index (χ4n) is 1.37. The Morgan fingerprint density at radius 3 is 2.61 bits per heavy atom. The third-order valence-corrected chi connectivity index (χ3v) is 2.98. The van der Waals surface area contributed by atoms with Gasteiger partial charge in [-0.2, -0.15) is 13.2 Å². The molecule has 2 nitrogen and oxygen atoms in total. The number of carbonyl (C=O) groups is 1. The van der Waals surface area contributed by atoms with Crippen LogP contribution >= 0.6 is 27.5 Å². The van der Waals surface area contributed by atoms with Gasteiger partial charge in [0.15, 0.2) is 0 Å². The van der Waals surface area contributed by atoms with Crippen LogP contribution in [0.3, 0.4) is 0 Å². The van der Waals surface area contributed by atoms with E-state index in [4.69, 9.17) is 11.6 Å². The average molecular weight is 345 g/mol. The molecule has 0 fully saturated rings. The molecule has 0 spiro atoms. The molecule has 0 aliphatic carbocycles. The summed E-state index contributed by atoms with van der Waals surface area (Å²) < 4.78 is 36.8. The summed E-state index contributed by atoms with van der Waals surface area (Å²) in [6, 6.07) is 3.46. The fourth-order valence-corrected chi connectivity index (χ4v) is 2.24. The Kier molecular flexibility index (Phi) is 5.04. The molecule has 0 radical (unpaired) electrons. The predicted molar refractivity (Wildman–Crippen MR) is 66.8 cm³/mol. The number of hydrogen-bond donors (Lipinski definition) is 1. The Morgan fingerprint density at radius 2 is 2.11 bits per heavy atom. The zero-order valence-electron chi connectivity index (χ0n) is 9.31. The van der Waals surface area contributed by atoms with Crippen LogP contribution in [0.5, 0.6) is 0 Å². The van der Waals surface area contributed by atoms with Crippen molar-refractivity contribution in [3.63, 3.8) is 0 Å². The average Bonchev–Trinajstić information content (AvgIpc) is 2.13. The molecule has 0 aliphatic heterocycles. The summed E-state index contributed by atoms with van der Waals surface area (Å²) in [5, 5.41) is 2.71. The van der Waals surface area contributed by atoms with Gasteiger partial charge in [0.25, 0.3) is 5.91 Å². The Bertz CT molecular complexity index is 450. The monoisotopic (exact) mass is 343 g/mol. The third-order valence-electron chi connectivity index (χ3n) is 2.09. The Morgan fingerprint density at radius 1 is 1.50 bits per heavy atom. The van der Waals surface area contributed by atoms with Crippen molar-refractivity contribution in [1.82, 2.24) is 5.32 Å². The number of halogens is 5. The number of alkyl halides is 3. The molecule has 1 N–H and O–H groups in total. The quantitative estimate of drug-likeness (QED) is 0.876. The van der Waals surface area contributed by atoms with Gasteiger partial charge < -0.3 is 5.32 Å². The second-order valence-electron chi connectivity index (χ2n) is 3.82. The maximum atomic E-state index is 12.1. The topological polar surface area (TPSA) is 29.1 Å². The third kappa shape index (κ3) is 4.86. The summed E-state index contributed by atoms with van der Waals surface area (Å²) in [6.45, 7) is 1.30. The van der Waals surface area contributed by atoms with E-state index in [1.807, 2.05) is 0 Å². The smallest absolute Gasteiger partial charge is 0.349 e. The van der Waals surface area contributed by atoms with Crippen LogP contribution in [0.4, 0.5) is 13.2 Å². The van der Waals surface area contributed by atoms with Gasteiger partial charge in [-0.25, -0.2) is 0 Å². The van der Waals surface area contributed by atoms with Gasteiger partial charge in [-0.3, -0.25) is 4.79 Å². The summed E-state index contributed by atoms with van der Waals surface area (Å²) in [6.07, 6.45) is -5.37. The normalized spacial score (nSPS) is 13.2. The second kappa shape index (κ2) is 5.93. The van der Waals surface area contributed by atoms with Gasteiger partial charge in [-0.05, 0) is 41.1 Å². The number of amides is 1. The molecule has 100 valence electrons. The van der Waals surface area contributed by atoms with Crippen molar-refractivity contribution >= 4 is 33.4 Å². The second-order valence-corrected chi connectivity index (χ2v) is 5.11. The van der Waals surface area contributed by atoms with Crippen LogP contribution in [0.2, 0.25) is 5.02 Å². The van der Waals surface area contributed by atoms with Crippen LogP contribution < -0.4 is 5.32 Å². The van der Waals surface area contributed by atoms with Gasteiger partial charge in [-0.15, -0.1) is 0 Å². The highest BCUT2D eigenvalue weighted by Gasteiger charge is 2.30. The van der Waals surface area contributed by atoms with Crippen LogP contribution in [0, 0.1) is 0 Å². The molecule has 0 bridgehead atoms. The lowest BCUT2D eigenvalue weighted by atomic mass is 10.1. The molecule has 1 atom stereocenters. The predicted octanol–water partition coefficient (Wildman–Crippen LogP) is 4.17. The van der Waals surface area contributed by atoms with Gasteiger partial charge in [0.05, 0.1) is 12.0 Å². The number of hydrogen-bond acceptors (Lipinski definition) is 1. The van der Waals surface area contributed by atoms with Gasteiger partial charge >= 0.3 is 6.18 Å². The van der Waals surface area contributed by atoms with Crippen LogP contribution in [0.15, 0.2) is 22.7 Å². The molecular formula is C11H10BrClF3NO. The molecule has 0 heterocycles. The van der Waals surface area contributed by atoms with E-state index in [-0.39, 0.29) is 5.56 Å². The van der Waals surface area contributed by atoms with E-state index in [2.05, 4.69) is 21.2 Å². The van der Waals surface area contributed by atoms with E-state index < -0.39 is 24.5 Å². The first-order valence-corrected chi connectivity index (χ1v) is 6.19. The molecule has 1 aromatic rings. The van der Waals surface area contributed by atoms with Crippen molar-refractivity contribution in [3.05, 3.63) is 33.3 Å². The maximum absolute atomic E-state index is 12.1. The first-order valence-electron chi connectivity index (χ1n) is 5.01. The van der Waals surface area contributed by atoms with Crippen LogP contribution in [-0.4, -0.2) is 18.1 Å². The molecule has 0 saturated heterocycles. The first-order chi connectivity index (χ1) is 8.19. The summed E-state index contributed by atoms with van der Waals surface area (Å²) in [7, 11) is 0. The Balaban J connectivity index is 2.71. The van der Waals surface area contributed by atoms with E-state index in [9.17, 15) is 18.0 Å².